The van der Waals surface area contributed by atoms with Crippen LogP contribution in [0.15, 0.2) is 24.5 Å². The van der Waals surface area contributed by atoms with Crippen molar-refractivity contribution in [1.82, 2.24) is 20.1 Å². The van der Waals surface area contributed by atoms with Gasteiger partial charge in [0.25, 0.3) is 0 Å². The van der Waals surface area contributed by atoms with E-state index in [9.17, 15) is 9.59 Å². The van der Waals surface area contributed by atoms with Crippen molar-refractivity contribution >= 4 is 11.8 Å². The van der Waals surface area contributed by atoms with Gasteiger partial charge in [0.15, 0.2) is 0 Å². The average molecular weight is 276 g/mol. The van der Waals surface area contributed by atoms with Crippen LogP contribution in [0.5, 0.6) is 0 Å². The summed E-state index contributed by atoms with van der Waals surface area (Å²) in [7, 11) is 3.42. The van der Waals surface area contributed by atoms with Gasteiger partial charge in [-0.25, -0.2) is 0 Å². The molecule has 1 aromatic rings. The topological polar surface area (TPSA) is 65.5 Å². The fourth-order valence-electron chi connectivity index (χ4n) is 2.30. The molecule has 0 aromatic carbocycles. The molecule has 0 bridgehead atoms. The number of hydrogen-bond acceptors (Lipinski definition) is 4. The lowest BCUT2D eigenvalue weighted by Crippen LogP contribution is -2.59. The van der Waals surface area contributed by atoms with Crippen LogP contribution in [0.25, 0.3) is 0 Å². The van der Waals surface area contributed by atoms with Gasteiger partial charge in [0.2, 0.25) is 11.8 Å². The zero-order valence-corrected chi connectivity index (χ0v) is 11.9. The molecule has 1 aromatic heterocycles. The second-order valence-electron chi connectivity index (χ2n) is 5.08. The molecule has 1 N–H and O–H groups in total. The highest BCUT2D eigenvalue weighted by atomic mass is 16.2. The van der Waals surface area contributed by atoms with Gasteiger partial charge in [-0.2, -0.15) is 0 Å². The molecule has 0 aliphatic carbocycles. The Balaban J connectivity index is 2.07. The van der Waals surface area contributed by atoms with E-state index in [1.807, 2.05) is 12.1 Å². The van der Waals surface area contributed by atoms with E-state index in [0.717, 1.165) is 12.1 Å². The van der Waals surface area contributed by atoms with Crippen LogP contribution in [0.1, 0.15) is 5.56 Å². The lowest BCUT2D eigenvalue weighted by molar-refractivity contribution is -0.145. The molecule has 20 heavy (non-hydrogen) atoms. The van der Waals surface area contributed by atoms with Crippen molar-refractivity contribution in [2.75, 3.05) is 33.7 Å². The molecule has 6 nitrogen and oxygen atoms in total. The molecule has 1 aliphatic rings. The highest BCUT2D eigenvalue weighted by Crippen LogP contribution is 2.09. The van der Waals surface area contributed by atoms with Gasteiger partial charge < -0.3 is 15.1 Å². The third-order valence-electron chi connectivity index (χ3n) is 3.37. The fraction of sp³-hybridized carbons (Fsp3) is 0.500. The van der Waals surface area contributed by atoms with Crippen LogP contribution < -0.4 is 5.32 Å². The minimum atomic E-state index is -0.414. The summed E-state index contributed by atoms with van der Waals surface area (Å²) in [6.07, 6.45) is 3.64. The number of nitrogens with zero attached hydrogens (tertiary/aromatic N) is 3. The monoisotopic (exact) mass is 276 g/mol. The number of aromatic nitrogens is 1. The molecule has 0 saturated carbocycles. The summed E-state index contributed by atoms with van der Waals surface area (Å²) in [4.78, 5) is 31.8. The summed E-state index contributed by atoms with van der Waals surface area (Å²) in [5, 5.41) is 3.17. The number of nitrogens with one attached hydrogen (secondary N) is 1. The number of amides is 2. The lowest BCUT2D eigenvalue weighted by Gasteiger charge is -2.36. The highest BCUT2D eigenvalue weighted by Gasteiger charge is 2.32. The zero-order valence-electron chi connectivity index (χ0n) is 11.9. The molecule has 1 aliphatic heterocycles. The molecule has 1 unspecified atom stereocenters. The lowest BCUT2D eigenvalue weighted by atomic mass is 10.1. The maximum absolute atomic E-state index is 12.4. The average Bonchev–Trinajstić information content (AvgIpc) is 2.47. The van der Waals surface area contributed by atoms with Gasteiger partial charge >= 0.3 is 0 Å². The van der Waals surface area contributed by atoms with E-state index >= 15 is 0 Å². The molecule has 6 heteroatoms. The van der Waals surface area contributed by atoms with Gasteiger partial charge in [-0.05, 0) is 11.6 Å². The Morgan fingerprint density at radius 2 is 2.30 bits per heavy atom. The van der Waals surface area contributed by atoms with Gasteiger partial charge in [0, 0.05) is 46.1 Å². The third-order valence-corrected chi connectivity index (χ3v) is 3.37. The summed E-state index contributed by atoms with van der Waals surface area (Å²) < 4.78 is 0. The number of piperazine rings is 1. The van der Waals surface area contributed by atoms with Crippen LogP contribution >= 0.6 is 0 Å². The molecule has 2 amide bonds. The highest BCUT2D eigenvalue weighted by molar-refractivity contribution is 5.88. The van der Waals surface area contributed by atoms with E-state index in [1.54, 1.807) is 31.4 Å². The predicted octanol–water partition coefficient (Wildman–Crippen LogP) is -0.487. The second kappa shape index (κ2) is 6.47. The van der Waals surface area contributed by atoms with Gasteiger partial charge in [-0.3, -0.25) is 14.6 Å². The Kier molecular flexibility index (Phi) is 4.68. The molecular formula is C14H20N4O2. The van der Waals surface area contributed by atoms with E-state index in [1.165, 1.54) is 4.90 Å². The molecule has 1 atom stereocenters. The van der Waals surface area contributed by atoms with Gasteiger partial charge in [0.1, 0.15) is 6.04 Å². The van der Waals surface area contributed by atoms with E-state index in [4.69, 9.17) is 0 Å². The van der Waals surface area contributed by atoms with Crippen LogP contribution in [0.2, 0.25) is 0 Å². The number of carbonyl (C=O) groups is 2. The normalized spacial score (nSPS) is 18.7. The molecular weight excluding hydrogens is 256 g/mol. The first-order valence-corrected chi connectivity index (χ1v) is 6.70. The molecule has 1 fully saturated rings. The Labute approximate surface area is 118 Å². The van der Waals surface area contributed by atoms with Crippen molar-refractivity contribution in [3.05, 3.63) is 30.1 Å². The quantitative estimate of drug-likeness (QED) is 0.809. The SMILES string of the molecule is CN(C)C(=O)C1CNCCN1C(=O)Cc1cccnc1. The van der Waals surface area contributed by atoms with Crippen LogP contribution in [0, 0.1) is 0 Å². The largest absolute Gasteiger partial charge is 0.347 e. The van der Waals surface area contributed by atoms with Crippen molar-refractivity contribution in [3.63, 3.8) is 0 Å². The Hall–Kier alpha value is -1.95. The summed E-state index contributed by atoms with van der Waals surface area (Å²) in [6, 6.07) is 3.27. The predicted molar refractivity (Wildman–Crippen MR) is 75.0 cm³/mol. The number of pyridine rings is 1. The maximum atomic E-state index is 12.4. The molecule has 1 saturated heterocycles. The van der Waals surface area contributed by atoms with E-state index in [2.05, 4.69) is 10.3 Å². The van der Waals surface area contributed by atoms with E-state index in [0.29, 0.717) is 13.1 Å². The fourth-order valence-corrected chi connectivity index (χ4v) is 2.30. The number of carbonyl (C=O) groups excluding carboxylic acids is 2. The standard InChI is InChI=1S/C14H20N4O2/c1-17(2)14(20)12-10-16-6-7-18(12)13(19)8-11-4-3-5-15-9-11/h3-5,9,12,16H,6-8,10H2,1-2H3. The van der Waals surface area contributed by atoms with Crippen molar-refractivity contribution in [2.24, 2.45) is 0 Å². The van der Waals surface area contributed by atoms with E-state index in [-0.39, 0.29) is 18.2 Å². The number of rotatable bonds is 3. The molecule has 0 radical (unpaired) electrons. The molecule has 2 rings (SSSR count). The Bertz CT molecular complexity index is 475. The van der Waals surface area contributed by atoms with Crippen LogP contribution in [-0.2, 0) is 16.0 Å². The smallest absolute Gasteiger partial charge is 0.246 e. The zero-order chi connectivity index (χ0) is 14.5. The number of hydrogen-bond donors (Lipinski definition) is 1. The Morgan fingerprint density at radius 1 is 1.50 bits per heavy atom. The van der Waals surface area contributed by atoms with Gasteiger partial charge in [-0.15, -0.1) is 0 Å². The molecule has 108 valence electrons. The van der Waals surface area contributed by atoms with Gasteiger partial charge in [0.05, 0.1) is 6.42 Å². The summed E-state index contributed by atoms with van der Waals surface area (Å²) in [6.45, 7) is 1.79. The van der Waals surface area contributed by atoms with Crippen molar-refractivity contribution in [1.29, 1.82) is 0 Å². The summed E-state index contributed by atoms with van der Waals surface area (Å²) in [5.74, 6) is -0.0727. The Morgan fingerprint density at radius 3 is 2.95 bits per heavy atom. The van der Waals surface area contributed by atoms with Crippen LogP contribution in [-0.4, -0.2) is 66.4 Å². The van der Waals surface area contributed by atoms with Crippen LogP contribution in [0.3, 0.4) is 0 Å². The summed E-state index contributed by atoms with van der Waals surface area (Å²) in [5.41, 5.74) is 0.868. The number of likely N-dealkylation sites (N-methyl/N-ethyl adjacent to an activating group) is 1. The van der Waals surface area contributed by atoms with Gasteiger partial charge in [-0.1, -0.05) is 6.07 Å². The third kappa shape index (κ3) is 3.33. The first-order valence-electron chi connectivity index (χ1n) is 6.70. The van der Waals surface area contributed by atoms with Crippen molar-refractivity contribution in [2.45, 2.75) is 12.5 Å². The maximum Gasteiger partial charge on any atom is 0.246 e. The summed E-state index contributed by atoms with van der Waals surface area (Å²) >= 11 is 0. The van der Waals surface area contributed by atoms with Crippen molar-refractivity contribution in [3.8, 4) is 0 Å². The molecule has 2 heterocycles. The van der Waals surface area contributed by atoms with Crippen LogP contribution in [0.4, 0.5) is 0 Å². The minimum Gasteiger partial charge on any atom is -0.347 e. The minimum absolute atomic E-state index is 0.0281. The van der Waals surface area contributed by atoms with Crippen molar-refractivity contribution < 1.29 is 9.59 Å². The van der Waals surface area contributed by atoms with E-state index < -0.39 is 6.04 Å². The second-order valence-corrected chi connectivity index (χ2v) is 5.08. The molecule has 0 spiro atoms. The first-order chi connectivity index (χ1) is 9.59. The first kappa shape index (κ1) is 14.5.